The van der Waals surface area contributed by atoms with Crippen molar-refractivity contribution in [3.63, 3.8) is 0 Å². The Kier molecular flexibility index (Phi) is 12.1. The molecule has 3 aliphatic carbocycles. The van der Waals surface area contributed by atoms with Gasteiger partial charge in [0.25, 0.3) is 0 Å². The number of rotatable bonds is 16. The summed E-state index contributed by atoms with van der Waals surface area (Å²) >= 11 is 0. The highest BCUT2D eigenvalue weighted by molar-refractivity contribution is 7.85. The van der Waals surface area contributed by atoms with Crippen LogP contribution < -0.4 is 9.32 Å². The average Bonchev–Trinajstić information content (AvgIpc) is 3.18. The van der Waals surface area contributed by atoms with E-state index in [0.717, 1.165) is 81.8 Å². The Bertz CT molecular complexity index is 1350. The van der Waals surface area contributed by atoms with Gasteiger partial charge >= 0.3 is 22.4 Å². The summed E-state index contributed by atoms with van der Waals surface area (Å²) in [6, 6.07) is 5.47. The first-order chi connectivity index (χ1) is 21.4. The normalized spacial score (nSPS) is 28.8. The molecule has 0 amide bonds. The molecular formula is C33H48F5NO5S2. The summed E-state index contributed by atoms with van der Waals surface area (Å²) in [6.45, 7) is 6.54. The number of benzene rings is 1. The Balaban J connectivity index is 1.24. The third kappa shape index (κ3) is 8.91. The van der Waals surface area contributed by atoms with E-state index in [4.69, 9.17) is 9.32 Å². The van der Waals surface area contributed by atoms with Crippen LogP contribution in [0.25, 0.3) is 0 Å². The molecule has 46 heavy (non-hydrogen) atoms. The van der Waals surface area contributed by atoms with Crippen molar-refractivity contribution < 1.29 is 43.9 Å². The summed E-state index contributed by atoms with van der Waals surface area (Å²) < 4.78 is 103. The van der Waals surface area contributed by atoms with Gasteiger partial charge in [-0.1, -0.05) is 58.1 Å². The summed E-state index contributed by atoms with van der Waals surface area (Å²) in [5.74, 6) is -2.93. The summed E-state index contributed by atoms with van der Waals surface area (Å²) in [5, 5.41) is 15.9. The molecule has 13 heteroatoms. The maximum atomic E-state index is 13.0. The van der Waals surface area contributed by atoms with Gasteiger partial charge < -0.3 is 9.29 Å². The average molecular weight is 698 g/mol. The summed E-state index contributed by atoms with van der Waals surface area (Å²) in [7, 11) is -5.53. The molecule has 0 saturated heterocycles. The van der Waals surface area contributed by atoms with Crippen LogP contribution in [0.2, 0.25) is 0 Å². The second-order valence-corrected chi connectivity index (χ2v) is 16.7. The number of aliphatic hydroxyl groups excluding tert-OH is 1. The van der Waals surface area contributed by atoms with Crippen LogP contribution in [0.3, 0.4) is 0 Å². The van der Waals surface area contributed by atoms with Crippen molar-refractivity contribution in [2.24, 2.45) is 28.3 Å². The zero-order valence-electron chi connectivity index (χ0n) is 26.5. The predicted octanol–water partition coefficient (Wildman–Crippen LogP) is 7.73. The van der Waals surface area contributed by atoms with Gasteiger partial charge in [-0.3, -0.25) is 4.21 Å². The third-order valence-electron chi connectivity index (χ3n) is 10.8. The van der Waals surface area contributed by atoms with Crippen molar-refractivity contribution in [1.29, 1.82) is 0 Å². The lowest BCUT2D eigenvalue weighted by Crippen LogP contribution is -2.44. The smallest absolute Gasteiger partial charge is 0.389 e. The van der Waals surface area contributed by atoms with Crippen molar-refractivity contribution in [2.75, 3.05) is 11.5 Å². The lowest BCUT2D eigenvalue weighted by molar-refractivity contribution is -0.284. The number of unbranched alkanes of at least 4 members (excludes halogenated alkanes) is 6. The number of halogens is 5. The zero-order valence-corrected chi connectivity index (χ0v) is 28.1. The van der Waals surface area contributed by atoms with Crippen LogP contribution in [-0.4, -0.2) is 47.4 Å². The predicted molar refractivity (Wildman–Crippen MR) is 169 cm³/mol. The molecule has 1 aromatic carbocycles. The molecule has 262 valence electrons. The molecule has 3 aliphatic rings. The Morgan fingerprint density at radius 3 is 2.33 bits per heavy atom. The highest BCUT2D eigenvalue weighted by atomic mass is 32.2. The van der Waals surface area contributed by atoms with Crippen LogP contribution in [0.15, 0.2) is 30.4 Å². The zero-order chi connectivity index (χ0) is 33.9. The molecule has 2 saturated carbocycles. The topological polar surface area (TPSA) is 107 Å². The van der Waals surface area contributed by atoms with Crippen LogP contribution in [0, 0.1) is 23.2 Å². The van der Waals surface area contributed by atoms with Crippen LogP contribution in [0.1, 0.15) is 107 Å². The minimum Gasteiger partial charge on any atom is -0.389 e. The van der Waals surface area contributed by atoms with Gasteiger partial charge in [-0.05, 0) is 103 Å². The fraction of sp³-hybridized carbons (Fsp3) is 0.758. The number of hydrogen-bond acceptors (Lipinski definition) is 5. The van der Waals surface area contributed by atoms with Gasteiger partial charge in [0.1, 0.15) is 5.75 Å². The first-order valence-corrected chi connectivity index (χ1v) is 19.4. The Morgan fingerprint density at radius 2 is 1.67 bits per heavy atom. The highest BCUT2D eigenvalue weighted by Gasteiger charge is 2.57. The van der Waals surface area contributed by atoms with Crippen molar-refractivity contribution >= 4 is 21.1 Å². The molecule has 0 spiro atoms. The molecular weight excluding hydrogens is 649 g/mol. The van der Waals surface area contributed by atoms with E-state index in [-0.39, 0.29) is 16.9 Å². The second-order valence-electron chi connectivity index (χ2n) is 13.8. The summed E-state index contributed by atoms with van der Waals surface area (Å²) in [6.07, 6.45) is 3.23. The van der Waals surface area contributed by atoms with Gasteiger partial charge in [0.05, 0.1) is 6.10 Å². The molecule has 0 radical (unpaired) electrons. The first-order valence-electron chi connectivity index (χ1n) is 16.4. The van der Waals surface area contributed by atoms with E-state index >= 15 is 0 Å². The minimum absolute atomic E-state index is 0.0924. The molecule has 1 aromatic rings. The monoisotopic (exact) mass is 697 g/mol. The lowest BCUT2D eigenvalue weighted by atomic mass is 9.52. The number of hydrogen-bond donors (Lipinski definition) is 2. The number of aliphatic hydroxyl groups is 1. The molecule has 0 bridgehead atoms. The van der Waals surface area contributed by atoms with E-state index in [2.05, 4.69) is 13.5 Å². The molecule has 3 N–H and O–H groups in total. The standard InChI is InChI=1S/C33H48F5NO5S2/c1-22-29(40)21-28-30-23(11-8-6-4-3-5-7-9-17-45(41)18-10-15-32(34,35)33(36,37)38)19-24-20-25(44-46(39,42)43)12-13-26(24)27(30)14-16-31(22,28)2/h12-13,20,23,27-30,40H,1,3-11,14-19,21H2,2H3,(H2,39,42,43)/t23?,27?,28?,29-,30?,31-,45?/m1/s1. The molecule has 0 aromatic heterocycles. The minimum atomic E-state index is -5.57. The van der Waals surface area contributed by atoms with Crippen molar-refractivity contribution in [2.45, 2.75) is 121 Å². The van der Waals surface area contributed by atoms with E-state index < -0.39 is 52.1 Å². The Hall–Kier alpha value is -1.57. The van der Waals surface area contributed by atoms with Crippen LogP contribution in [0.5, 0.6) is 5.75 Å². The van der Waals surface area contributed by atoms with Gasteiger partial charge in [-0.25, -0.2) is 0 Å². The maximum Gasteiger partial charge on any atom is 0.453 e. The van der Waals surface area contributed by atoms with E-state index in [0.29, 0.717) is 35.8 Å². The second kappa shape index (κ2) is 14.9. The van der Waals surface area contributed by atoms with Gasteiger partial charge in [0, 0.05) is 28.7 Å². The van der Waals surface area contributed by atoms with E-state index in [1.54, 1.807) is 6.07 Å². The maximum absolute atomic E-state index is 13.0. The summed E-state index contributed by atoms with van der Waals surface area (Å²) in [5.41, 5.74) is 3.19. The number of alkyl halides is 5. The molecule has 2 fully saturated rings. The lowest BCUT2D eigenvalue weighted by Gasteiger charge is -2.52. The van der Waals surface area contributed by atoms with Gasteiger partial charge in [-0.2, -0.15) is 35.5 Å². The van der Waals surface area contributed by atoms with Crippen LogP contribution in [-0.2, 0) is 27.5 Å². The molecule has 6 nitrogen and oxygen atoms in total. The largest absolute Gasteiger partial charge is 0.453 e. The highest BCUT2D eigenvalue weighted by Crippen LogP contribution is 2.64. The summed E-state index contributed by atoms with van der Waals surface area (Å²) in [4.78, 5) is 0. The van der Waals surface area contributed by atoms with Crippen molar-refractivity contribution in [3.8, 4) is 5.75 Å². The molecule has 5 unspecified atom stereocenters. The fourth-order valence-electron chi connectivity index (χ4n) is 8.41. The molecule has 0 heterocycles. The van der Waals surface area contributed by atoms with Gasteiger partial charge in [0.15, 0.2) is 0 Å². The number of fused-ring (bicyclic) bond motifs is 5. The van der Waals surface area contributed by atoms with Gasteiger partial charge in [0.2, 0.25) is 0 Å². The third-order valence-corrected chi connectivity index (χ3v) is 12.7. The van der Waals surface area contributed by atoms with Crippen molar-refractivity contribution in [1.82, 2.24) is 0 Å². The molecule has 4 rings (SSSR count). The van der Waals surface area contributed by atoms with E-state index in [1.165, 1.54) is 5.56 Å². The molecule has 0 aliphatic heterocycles. The quantitative estimate of drug-likeness (QED) is 0.105. The van der Waals surface area contributed by atoms with E-state index in [1.807, 2.05) is 12.1 Å². The fourth-order valence-corrected chi connectivity index (χ4v) is 9.98. The van der Waals surface area contributed by atoms with E-state index in [9.17, 15) is 39.7 Å². The van der Waals surface area contributed by atoms with Crippen LogP contribution >= 0.6 is 0 Å². The Labute approximate surface area is 272 Å². The SMILES string of the molecule is C=C1[C@H](O)CC2C3C(CCCCCCCCCS(=O)CCCC(F)(F)C(F)(F)F)Cc4cc(OS(N)(=O)=O)ccc4C3CC[C@]12C. The Morgan fingerprint density at radius 1 is 1.04 bits per heavy atom. The van der Waals surface area contributed by atoms with Crippen LogP contribution in [0.4, 0.5) is 22.0 Å². The number of nitrogens with two attached hydrogens (primary N) is 1. The molecule has 7 atom stereocenters. The van der Waals surface area contributed by atoms with Gasteiger partial charge in [-0.15, -0.1) is 0 Å². The van der Waals surface area contributed by atoms with Crippen molar-refractivity contribution in [3.05, 3.63) is 41.5 Å². The first kappa shape index (κ1) is 37.3.